The SMILES string of the molecule is CCOc1cccc(NC(=O)CCc2ccc(C(C)C)cc2)c1. The third-order valence-corrected chi connectivity index (χ3v) is 3.72. The molecule has 0 aliphatic rings. The van der Waals surface area contributed by atoms with E-state index >= 15 is 0 Å². The smallest absolute Gasteiger partial charge is 0.224 e. The molecule has 1 amide bonds. The maximum atomic E-state index is 12.1. The van der Waals surface area contributed by atoms with E-state index < -0.39 is 0 Å². The van der Waals surface area contributed by atoms with Crippen LogP contribution >= 0.6 is 0 Å². The van der Waals surface area contributed by atoms with Gasteiger partial charge in [0.05, 0.1) is 6.61 Å². The molecular formula is C20H25NO2. The highest BCUT2D eigenvalue weighted by Gasteiger charge is 2.05. The standard InChI is InChI=1S/C20H25NO2/c1-4-23-19-7-5-6-18(14-19)21-20(22)13-10-16-8-11-17(12-9-16)15(2)3/h5-9,11-12,14-15H,4,10,13H2,1-3H3,(H,21,22). The van der Waals surface area contributed by atoms with E-state index in [1.165, 1.54) is 11.1 Å². The fourth-order valence-electron chi connectivity index (χ4n) is 2.38. The van der Waals surface area contributed by atoms with Gasteiger partial charge in [-0.25, -0.2) is 0 Å². The molecule has 122 valence electrons. The predicted molar refractivity (Wildman–Crippen MR) is 95.1 cm³/mol. The Morgan fingerprint density at radius 2 is 1.87 bits per heavy atom. The molecule has 0 spiro atoms. The van der Waals surface area contributed by atoms with Gasteiger partial charge in [-0.1, -0.05) is 44.2 Å². The van der Waals surface area contributed by atoms with Gasteiger partial charge in [-0.15, -0.1) is 0 Å². The van der Waals surface area contributed by atoms with Crippen LogP contribution in [0, 0.1) is 0 Å². The first-order chi connectivity index (χ1) is 11.1. The summed E-state index contributed by atoms with van der Waals surface area (Å²) in [5.74, 6) is 1.33. The van der Waals surface area contributed by atoms with Crippen molar-refractivity contribution in [3.8, 4) is 5.75 Å². The molecular weight excluding hydrogens is 286 g/mol. The van der Waals surface area contributed by atoms with Gasteiger partial charge in [0.1, 0.15) is 5.75 Å². The number of hydrogen-bond donors (Lipinski definition) is 1. The van der Waals surface area contributed by atoms with Crippen molar-refractivity contribution in [1.82, 2.24) is 0 Å². The third-order valence-electron chi connectivity index (χ3n) is 3.72. The van der Waals surface area contributed by atoms with Crippen molar-refractivity contribution in [2.75, 3.05) is 11.9 Å². The molecule has 0 heterocycles. The van der Waals surface area contributed by atoms with E-state index in [9.17, 15) is 4.79 Å². The summed E-state index contributed by atoms with van der Waals surface area (Å²) in [6, 6.07) is 16.0. The van der Waals surface area contributed by atoms with E-state index in [0.29, 0.717) is 18.9 Å². The Bertz CT molecular complexity index is 632. The lowest BCUT2D eigenvalue weighted by Gasteiger charge is -2.09. The number of carbonyl (C=O) groups excluding carboxylic acids is 1. The zero-order valence-corrected chi connectivity index (χ0v) is 14.1. The number of anilines is 1. The van der Waals surface area contributed by atoms with E-state index in [2.05, 4.69) is 43.4 Å². The van der Waals surface area contributed by atoms with Gasteiger partial charge in [0, 0.05) is 18.2 Å². The molecule has 3 heteroatoms. The predicted octanol–water partition coefficient (Wildman–Crippen LogP) is 4.78. The zero-order valence-electron chi connectivity index (χ0n) is 14.1. The molecule has 1 N–H and O–H groups in total. The molecule has 0 aromatic heterocycles. The number of amides is 1. The number of nitrogens with one attached hydrogen (secondary N) is 1. The van der Waals surface area contributed by atoms with Crippen LogP contribution in [-0.4, -0.2) is 12.5 Å². The van der Waals surface area contributed by atoms with Crippen molar-refractivity contribution in [3.63, 3.8) is 0 Å². The molecule has 0 aliphatic heterocycles. The Balaban J connectivity index is 1.86. The molecule has 0 unspecified atom stereocenters. The lowest BCUT2D eigenvalue weighted by molar-refractivity contribution is -0.116. The summed E-state index contributed by atoms with van der Waals surface area (Å²) in [5.41, 5.74) is 3.29. The first-order valence-electron chi connectivity index (χ1n) is 8.20. The van der Waals surface area contributed by atoms with Crippen LogP contribution in [0.2, 0.25) is 0 Å². The van der Waals surface area contributed by atoms with Crippen LogP contribution < -0.4 is 10.1 Å². The fourth-order valence-corrected chi connectivity index (χ4v) is 2.38. The number of benzene rings is 2. The summed E-state index contributed by atoms with van der Waals surface area (Å²) in [5, 5.41) is 2.92. The van der Waals surface area contributed by atoms with E-state index in [0.717, 1.165) is 17.9 Å². The molecule has 2 aromatic rings. The maximum absolute atomic E-state index is 12.1. The Morgan fingerprint density at radius 1 is 1.13 bits per heavy atom. The Morgan fingerprint density at radius 3 is 2.52 bits per heavy atom. The molecule has 0 atom stereocenters. The van der Waals surface area contributed by atoms with Crippen LogP contribution in [0.4, 0.5) is 5.69 Å². The monoisotopic (exact) mass is 311 g/mol. The average molecular weight is 311 g/mol. The molecule has 0 saturated carbocycles. The quantitative estimate of drug-likeness (QED) is 0.799. The Hall–Kier alpha value is -2.29. The molecule has 0 aliphatic carbocycles. The van der Waals surface area contributed by atoms with Crippen LogP contribution in [0.5, 0.6) is 5.75 Å². The van der Waals surface area contributed by atoms with E-state index in [1.54, 1.807) is 0 Å². The summed E-state index contributed by atoms with van der Waals surface area (Å²) >= 11 is 0. The minimum Gasteiger partial charge on any atom is -0.494 e. The lowest BCUT2D eigenvalue weighted by Crippen LogP contribution is -2.12. The molecule has 0 bridgehead atoms. The number of rotatable bonds is 7. The first-order valence-corrected chi connectivity index (χ1v) is 8.20. The van der Waals surface area contributed by atoms with E-state index in [1.807, 2.05) is 31.2 Å². The van der Waals surface area contributed by atoms with Crippen molar-refractivity contribution < 1.29 is 9.53 Å². The molecule has 2 aromatic carbocycles. The van der Waals surface area contributed by atoms with Crippen molar-refractivity contribution >= 4 is 11.6 Å². The Kier molecular flexibility index (Phi) is 6.21. The number of hydrogen-bond acceptors (Lipinski definition) is 2. The van der Waals surface area contributed by atoms with Crippen LogP contribution in [0.3, 0.4) is 0 Å². The normalized spacial score (nSPS) is 10.6. The van der Waals surface area contributed by atoms with Gasteiger partial charge in [-0.3, -0.25) is 4.79 Å². The van der Waals surface area contributed by atoms with Gasteiger partial charge in [0.2, 0.25) is 5.91 Å². The highest BCUT2D eigenvalue weighted by molar-refractivity contribution is 5.91. The van der Waals surface area contributed by atoms with Gasteiger partial charge in [0.25, 0.3) is 0 Å². The highest BCUT2D eigenvalue weighted by atomic mass is 16.5. The minimum absolute atomic E-state index is 0.0200. The molecule has 0 fully saturated rings. The molecule has 0 radical (unpaired) electrons. The van der Waals surface area contributed by atoms with E-state index in [-0.39, 0.29) is 5.91 Å². The van der Waals surface area contributed by atoms with Crippen molar-refractivity contribution in [1.29, 1.82) is 0 Å². The summed E-state index contributed by atoms with van der Waals surface area (Å²) in [6.45, 7) is 6.91. The Labute approximate surface area is 138 Å². The van der Waals surface area contributed by atoms with Gasteiger partial charge >= 0.3 is 0 Å². The molecule has 23 heavy (non-hydrogen) atoms. The van der Waals surface area contributed by atoms with Crippen LogP contribution in [0.1, 0.15) is 44.2 Å². The second kappa shape index (κ2) is 8.37. The summed E-state index contributed by atoms with van der Waals surface area (Å²) in [4.78, 5) is 12.1. The lowest BCUT2D eigenvalue weighted by atomic mass is 10.0. The van der Waals surface area contributed by atoms with Crippen molar-refractivity contribution in [2.24, 2.45) is 0 Å². The fraction of sp³-hybridized carbons (Fsp3) is 0.350. The number of carbonyl (C=O) groups is 1. The second-order valence-corrected chi connectivity index (χ2v) is 5.91. The van der Waals surface area contributed by atoms with Crippen molar-refractivity contribution in [2.45, 2.75) is 39.5 Å². The van der Waals surface area contributed by atoms with Crippen LogP contribution in [0.25, 0.3) is 0 Å². The highest BCUT2D eigenvalue weighted by Crippen LogP contribution is 2.18. The van der Waals surface area contributed by atoms with Gasteiger partial charge in [-0.2, -0.15) is 0 Å². The van der Waals surface area contributed by atoms with Crippen LogP contribution in [0.15, 0.2) is 48.5 Å². The number of ether oxygens (including phenoxy) is 1. The second-order valence-electron chi connectivity index (χ2n) is 5.91. The van der Waals surface area contributed by atoms with E-state index in [4.69, 9.17) is 4.74 Å². The minimum atomic E-state index is 0.0200. The first kappa shape index (κ1) is 17.1. The summed E-state index contributed by atoms with van der Waals surface area (Å²) in [7, 11) is 0. The van der Waals surface area contributed by atoms with Gasteiger partial charge < -0.3 is 10.1 Å². The molecule has 0 saturated heterocycles. The summed E-state index contributed by atoms with van der Waals surface area (Å²) < 4.78 is 5.44. The largest absolute Gasteiger partial charge is 0.494 e. The van der Waals surface area contributed by atoms with Crippen molar-refractivity contribution in [3.05, 3.63) is 59.7 Å². The molecule has 2 rings (SSSR count). The maximum Gasteiger partial charge on any atom is 0.224 e. The third kappa shape index (κ3) is 5.44. The van der Waals surface area contributed by atoms with Gasteiger partial charge in [0.15, 0.2) is 0 Å². The van der Waals surface area contributed by atoms with Gasteiger partial charge in [-0.05, 0) is 42.5 Å². The summed E-state index contributed by atoms with van der Waals surface area (Å²) in [6.07, 6.45) is 1.22. The molecule has 3 nitrogen and oxygen atoms in total. The average Bonchev–Trinajstić information content (AvgIpc) is 2.54. The topological polar surface area (TPSA) is 38.3 Å². The zero-order chi connectivity index (χ0) is 16.7. The van der Waals surface area contributed by atoms with Crippen LogP contribution in [-0.2, 0) is 11.2 Å². The number of aryl methyl sites for hydroxylation is 1.